The molecule has 0 bridgehead atoms. The Morgan fingerprint density at radius 3 is 2.24 bits per heavy atom. The molecule has 1 aliphatic rings. The lowest BCUT2D eigenvalue weighted by Gasteiger charge is -2.33. The summed E-state index contributed by atoms with van der Waals surface area (Å²) in [6, 6.07) is 19.6. The van der Waals surface area contributed by atoms with Crippen molar-refractivity contribution in [3.63, 3.8) is 0 Å². The van der Waals surface area contributed by atoms with Crippen LogP contribution in [-0.4, -0.2) is 70.2 Å². The van der Waals surface area contributed by atoms with Crippen LogP contribution in [0.2, 0.25) is 5.02 Å². The molecule has 3 aromatic rings. The third-order valence-electron chi connectivity index (χ3n) is 7.26. The molecule has 0 spiro atoms. The summed E-state index contributed by atoms with van der Waals surface area (Å²) in [7, 11) is 3.37. The number of unbranched alkanes of at least 4 members (excludes halogenated alkanes) is 1. The molecule has 0 aliphatic carbocycles. The Kier molecular flexibility index (Phi) is 11.3. The minimum absolute atomic E-state index is 0.115. The third-order valence-corrected chi connectivity index (χ3v) is 7.52. The van der Waals surface area contributed by atoms with Crippen LogP contribution in [0, 0.1) is 0 Å². The van der Waals surface area contributed by atoms with Gasteiger partial charge < -0.3 is 29.9 Å². The van der Waals surface area contributed by atoms with E-state index >= 15 is 0 Å². The molecule has 8 nitrogen and oxygen atoms in total. The fourth-order valence-electron chi connectivity index (χ4n) is 4.91. The van der Waals surface area contributed by atoms with E-state index in [2.05, 4.69) is 26.5 Å². The van der Waals surface area contributed by atoms with Crippen LogP contribution in [0.3, 0.4) is 0 Å². The monoisotopic (exact) mass is 578 g/mol. The van der Waals surface area contributed by atoms with E-state index in [1.54, 1.807) is 62.8 Å². The van der Waals surface area contributed by atoms with Gasteiger partial charge in [0.1, 0.15) is 11.5 Å². The number of carbonyl (C=O) groups excluding carboxylic acids is 2. The number of nitrogens with one attached hydrogen (secondary N) is 2. The van der Waals surface area contributed by atoms with Crippen molar-refractivity contribution in [2.24, 2.45) is 0 Å². The van der Waals surface area contributed by atoms with Crippen molar-refractivity contribution in [3.05, 3.63) is 82.9 Å². The Bertz CT molecular complexity index is 1280. The van der Waals surface area contributed by atoms with Gasteiger partial charge in [-0.1, -0.05) is 11.6 Å². The Hall–Kier alpha value is -3.75. The van der Waals surface area contributed by atoms with Gasteiger partial charge >= 0.3 is 0 Å². The second-order valence-electron chi connectivity index (χ2n) is 10.1. The highest BCUT2D eigenvalue weighted by Gasteiger charge is 2.17. The van der Waals surface area contributed by atoms with Gasteiger partial charge in [0.2, 0.25) is 0 Å². The molecule has 0 radical (unpaired) electrons. The quantitative estimate of drug-likeness (QED) is 0.283. The molecule has 0 aromatic heterocycles. The van der Waals surface area contributed by atoms with Crippen LogP contribution in [0.4, 0.5) is 11.4 Å². The molecule has 9 heteroatoms. The van der Waals surface area contributed by atoms with Gasteiger partial charge in [-0.25, -0.2) is 0 Å². The molecule has 0 saturated carbocycles. The summed E-state index contributed by atoms with van der Waals surface area (Å²) in [6.07, 6.45) is 4.21. The van der Waals surface area contributed by atoms with Crippen molar-refractivity contribution < 1.29 is 19.1 Å². The second-order valence-corrected chi connectivity index (χ2v) is 10.5. The zero-order chi connectivity index (χ0) is 29.0. The van der Waals surface area contributed by atoms with E-state index in [9.17, 15) is 9.59 Å². The van der Waals surface area contributed by atoms with Crippen molar-refractivity contribution in [2.45, 2.75) is 25.7 Å². The van der Waals surface area contributed by atoms with Crippen LogP contribution in [0.1, 0.15) is 46.4 Å². The molecule has 1 aliphatic heterocycles. The van der Waals surface area contributed by atoms with Gasteiger partial charge in [0.15, 0.2) is 0 Å². The summed E-state index contributed by atoms with van der Waals surface area (Å²) >= 11 is 5.88. The molecule has 2 amide bonds. The van der Waals surface area contributed by atoms with Gasteiger partial charge in [-0.2, -0.15) is 0 Å². The van der Waals surface area contributed by atoms with Gasteiger partial charge in [0.25, 0.3) is 11.8 Å². The number of carbonyl (C=O) groups is 2. The lowest BCUT2D eigenvalue weighted by molar-refractivity contribution is 0.0952. The van der Waals surface area contributed by atoms with E-state index in [0.717, 1.165) is 75.6 Å². The molecular formula is C32H39ClN4O4. The lowest BCUT2D eigenvalue weighted by atomic mass is 10.1. The summed E-state index contributed by atoms with van der Waals surface area (Å²) in [5.74, 6) is 1.29. The number of hydrogen-bond donors (Lipinski definition) is 2. The Morgan fingerprint density at radius 1 is 0.805 bits per heavy atom. The largest absolute Gasteiger partial charge is 0.497 e. The van der Waals surface area contributed by atoms with E-state index in [0.29, 0.717) is 28.4 Å². The molecule has 2 N–H and O–H groups in total. The van der Waals surface area contributed by atoms with E-state index in [1.807, 2.05) is 12.1 Å². The molecule has 1 saturated heterocycles. The fourth-order valence-corrected chi connectivity index (χ4v) is 5.03. The molecule has 0 atom stereocenters. The van der Waals surface area contributed by atoms with Crippen LogP contribution in [0.25, 0.3) is 0 Å². The number of methoxy groups -OCH3 is 2. The predicted molar refractivity (Wildman–Crippen MR) is 165 cm³/mol. The maximum absolute atomic E-state index is 12.6. The van der Waals surface area contributed by atoms with Crippen LogP contribution in [-0.2, 0) is 0 Å². The Morgan fingerprint density at radius 2 is 1.51 bits per heavy atom. The lowest BCUT2D eigenvalue weighted by Crippen LogP contribution is -2.39. The first-order chi connectivity index (χ1) is 20.0. The molecule has 1 fully saturated rings. The Balaban J connectivity index is 1.17. The summed E-state index contributed by atoms with van der Waals surface area (Å²) in [6.45, 7) is 5.67. The number of benzene rings is 3. The van der Waals surface area contributed by atoms with Crippen molar-refractivity contribution in [1.82, 2.24) is 10.2 Å². The smallest absolute Gasteiger partial charge is 0.255 e. The summed E-state index contributed by atoms with van der Waals surface area (Å²) in [4.78, 5) is 29.9. The Labute approximate surface area is 247 Å². The van der Waals surface area contributed by atoms with Crippen LogP contribution < -0.4 is 25.0 Å². The van der Waals surface area contributed by atoms with E-state index in [-0.39, 0.29) is 11.8 Å². The maximum atomic E-state index is 12.6. The number of hydrogen-bond acceptors (Lipinski definition) is 6. The average molecular weight is 579 g/mol. The molecular weight excluding hydrogens is 540 g/mol. The first-order valence-electron chi connectivity index (χ1n) is 14.1. The molecule has 41 heavy (non-hydrogen) atoms. The highest BCUT2D eigenvalue weighted by atomic mass is 35.5. The highest BCUT2D eigenvalue weighted by Crippen LogP contribution is 2.32. The summed E-state index contributed by atoms with van der Waals surface area (Å²) in [5.41, 5.74) is 2.81. The zero-order valence-corrected chi connectivity index (χ0v) is 24.6. The van der Waals surface area contributed by atoms with Crippen molar-refractivity contribution >= 4 is 34.8 Å². The van der Waals surface area contributed by atoms with E-state index in [4.69, 9.17) is 21.1 Å². The predicted octanol–water partition coefficient (Wildman–Crippen LogP) is 5.72. The summed E-state index contributed by atoms with van der Waals surface area (Å²) in [5, 5.41) is 6.42. The van der Waals surface area contributed by atoms with Gasteiger partial charge in [0, 0.05) is 54.1 Å². The number of halogens is 1. The highest BCUT2D eigenvalue weighted by molar-refractivity contribution is 6.30. The fraction of sp³-hybridized carbons (Fsp3) is 0.375. The number of nitrogens with zero attached hydrogens (tertiary/aromatic N) is 2. The first kappa shape index (κ1) is 30.2. The summed E-state index contributed by atoms with van der Waals surface area (Å²) < 4.78 is 11.0. The third kappa shape index (κ3) is 8.87. The number of anilines is 2. The second kappa shape index (κ2) is 15.3. The van der Waals surface area contributed by atoms with Gasteiger partial charge in [-0.3, -0.25) is 9.59 Å². The maximum Gasteiger partial charge on any atom is 0.255 e. The van der Waals surface area contributed by atoms with Crippen LogP contribution in [0.5, 0.6) is 11.5 Å². The number of ether oxygens (including phenoxy) is 2. The minimum Gasteiger partial charge on any atom is -0.497 e. The molecule has 0 unspecified atom stereocenters. The van der Waals surface area contributed by atoms with Crippen molar-refractivity contribution in [3.8, 4) is 11.5 Å². The molecule has 1 heterocycles. The number of amides is 2. The topological polar surface area (TPSA) is 83.1 Å². The SMILES string of the molecule is COc1ccc(N2CCCCN(CCCCNC(=O)c3ccc(NC(=O)c4ccc(Cl)cc4)cc3)CC2)c(OC)c1. The normalized spacial score (nSPS) is 14.1. The molecule has 3 aromatic carbocycles. The van der Waals surface area contributed by atoms with Gasteiger partial charge in [-0.05, 0) is 99.4 Å². The van der Waals surface area contributed by atoms with E-state index in [1.165, 1.54) is 0 Å². The zero-order valence-electron chi connectivity index (χ0n) is 23.8. The standard InChI is InChI=1S/C32H39ClN4O4/c1-40-28-15-16-29(30(23-28)41-2)37-20-6-5-19-36(21-22-37)18-4-3-17-34-31(38)24-9-13-27(14-10-24)35-32(39)25-7-11-26(33)12-8-25/h7-16,23H,3-6,17-22H2,1-2H3,(H,34,38)(H,35,39). The van der Waals surface area contributed by atoms with Crippen molar-refractivity contribution in [2.75, 3.05) is 63.7 Å². The van der Waals surface area contributed by atoms with Crippen molar-refractivity contribution in [1.29, 1.82) is 0 Å². The van der Waals surface area contributed by atoms with Crippen LogP contribution in [0.15, 0.2) is 66.7 Å². The molecule has 4 rings (SSSR count). The van der Waals surface area contributed by atoms with Crippen LogP contribution >= 0.6 is 11.6 Å². The van der Waals surface area contributed by atoms with E-state index < -0.39 is 0 Å². The van der Waals surface area contributed by atoms with Gasteiger partial charge in [0.05, 0.1) is 19.9 Å². The molecule has 218 valence electrons. The number of rotatable bonds is 11. The van der Waals surface area contributed by atoms with Gasteiger partial charge in [-0.15, -0.1) is 0 Å². The average Bonchev–Trinajstić information content (AvgIpc) is 2.98. The minimum atomic E-state index is -0.230. The first-order valence-corrected chi connectivity index (χ1v) is 14.5.